The highest BCUT2D eigenvalue weighted by atomic mass is 35.5. The van der Waals surface area contributed by atoms with Gasteiger partial charge in [-0.15, -0.1) is 0 Å². The van der Waals surface area contributed by atoms with Crippen LogP contribution in [0.3, 0.4) is 0 Å². The average molecular weight is 360 g/mol. The van der Waals surface area contributed by atoms with Gasteiger partial charge in [0.15, 0.2) is 0 Å². The number of benzene rings is 1. The van der Waals surface area contributed by atoms with Crippen LogP contribution in [0.4, 0.5) is 15.9 Å². The van der Waals surface area contributed by atoms with Crippen molar-refractivity contribution < 1.29 is 4.39 Å². The summed E-state index contributed by atoms with van der Waals surface area (Å²) < 4.78 is 16.5. The average Bonchev–Trinajstić information content (AvgIpc) is 2.57. The molecule has 0 aliphatic rings. The number of anilines is 1. The number of halogens is 2. The monoisotopic (exact) mass is 359 g/mol. The Morgan fingerprint density at radius 2 is 1.92 bits per heavy atom. The highest BCUT2D eigenvalue weighted by Gasteiger charge is 2.24. The van der Waals surface area contributed by atoms with E-state index < -0.39 is 17.1 Å². The van der Waals surface area contributed by atoms with Gasteiger partial charge in [0.05, 0.1) is 17.0 Å². The van der Waals surface area contributed by atoms with Gasteiger partial charge in [0.2, 0.25) is 5.69 Å². The predicted octanol–water partition coefficient (Wildman–Crippen LogP) is 2.22. The molecule has 0 radical (unpaired) electrons. The second-order valence-corrected chi connectivity index (χ2v) is 5.74. The molecule has 0 aliphatic carbocycles. The summed E-state index contributed by atoms with van der Waals surface area (Å²) in [4.78, 5) is 32.1. The summed E-state index contributed by atoms with van der Waals surface area (Å²) in [6.45, 7) is 7.37. The summed E-state index contributed by atoms with van der Waals surface area (Å²) in [5.41, 5.74) is 4.04. The fourth-order valence-corrected chi connectivity index (χ4v) is 2.95. The first kappa shape index (κ1) is 16.7. The van der Waals surface area contributed by atoms with Crippen LogP contribution in [0.1, 0.15) is 0 Å². The van der Waals surface area contributed by atoms with Crippen LogP contribution < -0.4 is 17.0 Å². The van der Waals surface area contributed by atoms with Gasteiger partial charge in [-0.3, -0.25) is 13.9 Å². The molecule has 0 amide bonds. The zero-order valence-corrected chi connectivity index (χ0v) is 13.9. The lowest BCUT2D eigenvalue weighted by atomic mass is 10.00. The highest BCUT2D eigenvalue weighted by molar-refractivity contribution is 6.34. The number of aryl methyl sites for hydroxylation is 1. The van der Waals surface area contributed by atoms with E-state index in [0.717, 1.165) is 15.2 Å². The number of pyridine rings is 1. The molecular formula is C16H11ClFN5O2. The zero-order chi connectivity index (χ0) is 18.5. The second kappa shape index (κ2) is 5.72. The Hall–Kier alpha value is -3.18. The molecule has 0 aliphatic heterocycles. The minimum atomic E-state index is -0.722. The molecule has 0 atom stereocenters. The topological polar surface area (TPSA) is 87.3 Å². The van der Waals surface area contributed by atoms with Gasteiger partial charge in [-0.25, -0.2) is 19.0 Å². The van der Waals surface area contributed by atoms with Crippen molar-refractivity contribution in [1.82, 2.24) is 14.1 Å². The summed E-state index contributed by atoms with van der Waals surface area (Å²) in [7, 11) is 2.69. The molecule has 2 N–H and O–H groups in total. The van der Waals surface area contributed by atoms with Crippen molar-refractivity contribution in [2.45, 2.75) is 0 Å². The zero-order valence-electron chi connectivity index (χ0n) is 13.2. The summed E-state index contributed by atoms with van der Waals surface area (Å²) >= 11 is 6.13. The van der Waals surface area contributed by atoms with E-state index in [1.54, 1.807) is 0 Å². The molecular weight excluding hydrogens is 349 g/mol. The fourth-order valence-electron chi connectivity index (χ4n) is 2.69. The van der Waals surface area contributed by atoms with E-state index in [0.29, 0.717) is 0 Å². The molecule has 0 saturated heterocycles. The van der Waals surface area contributed by atoms with Gasteiger partial charge in [0.1, 0.15) is 17.3 Å². The number of nitrogens with zero attached hydrogens (tertiary/aromatic N) is 4. The van der Waals surface area contributed by atoms with Crippen molar-refractivity contribution in [3.05, 3.63) is 61.3 Å². The van der Waals surface area contributed by atoms with Crippen molar-refractivity contribution in [3.63, 3.8) is 0 Å². The van der Waals surface area contributed by atoms with Crippen LogP contribution in [0.25, 0.3) is 27.0 Å². The van der Waals surface area contributed by atoms with Crippen molar-refractivity contribution in [1.29, 1.82) is 0 Å². The van der Waals surface area contributed by atoms with E-state index in [9.17, 15) is 14.0 Å². The van der Waals surface area contributed by atoms with Crippen LogP contribution in [0, 0.1) is 12.4 Å². The molecule has 0 saturated carbocycles. The second-order valence-electron chi connectivity index (χ2n) is 5.33. The first-order valence-corrected chi connectivity index (χ1v) is 7.38. The number of nitrogen functional groups attached to an aromatic ring is 1. The lowest BCUT2D eigenvalue weighted by molar-refractivity contribution is 0.631. The summed E-state index contributed by atoms with van der Waals surface area (Å²) in [5.74, 6) is -0.944. The van der Waals surface area contributed by atoms with E-state index in [2.05, 4.69) is 9.83 Å². The Morgan fingerprint density at radius 1 is 1.24 bits per heavy atom. The first-order chi connectivity index (χ1) is 11.8. The molecule has 2 aromatic heterocycles. The van der Waals surface area contributed by atoms with Gasteiger partial charge in [-0.05, 0) is 12.1 Å². The van der Waals surface area contributed by atoms with Gasteiger partial charge < -0.3 is 5.73 Å². The Labute approximate surface area is 145 Å². The summed E-state index contributed by atoms with van der Waals surface area (Å²) in [6.07, 6.45) is 0. The fraction of sp³-hybridized carbons (Fsp3) is 0.125. The van der Waals surface area contributed by atoms with Crippen molar-refractivity contribution >= 4 is 34.1 Å². The van der Waals surface area contributed by atoms with Gasteiger partial charge in [-0.2, -0.15) is 0 Å². The Morgan fingerprint density at radius 3 is 2.52 bits per heavy atom. The van der Waals surface area contributed by atoms with Crippen LogP contribution in [0.2, 0.25) is 5.02 Å². The molecule has 3 aromatic rings. The van der Waals surface area contributed by atoms with Crippen molar-refractivity contribution in [2.75, 3.05) is 5.73 Å². The normalized spacial score (nSPS) is 10.8. The molecule has 25 heavy (non-hydrogen) atoms. The predicted molar refractivity (Wildman–Crippen MR) is 93.3 cm³/mol. The van der Waals surface area contributed by atoms with Gasteiger partial charge >= 0.3 is 5.69 Å². The molecule has 2 heterocycles. The Balaban J connectivity index is 2.75. The van der Waals surface area contributed by atoms with Crippen LogP contribution in [0.5, 0.6) is 0 Å². The number of hydrogen-bond donors (Lipinski definition) is 1. The lowest BCUT2D eigenvalue weighted by Crippen LogP contribution is -2.37. The number of nitrogens with two attached hydrogens (primary N) is 1. The maximum absolute atomic E-state index is 14.5. The third-order valence-electron chi connectivity index (χ3n) is 3.91. The molecule has 7 nitrogen and oxygen atoms in total. The van der Waals surface area contributed by atoms with E-state index in [-0.39, 0.29) is 38.7 Å². The molecule has 3 rings (SSSR count). The molecule has 0 unspecified atom stereocenters. The Bertz CT molecular complexity index is 1190. The van der Waals surface area contributed by atoms with E-state index in [1.165, 1.54) is 26.2 Å². The molecule has 9 heteroatoms. The van der Waals surface area contributed by atoms with E-state index in [1.807, 2.05) is 0 Å². The minimum Gasteiger partial charge on any atom is -0.392 e. The molecule has 0 spiro atoms. The molecule has 0 fully saturated rings. The first-order valence-electron chi connectivity index (χ1n) is 7.00. The number of aromatic nitrogens is 3. The lowest BCUT2D eigenvalue weighted by Gasteiger charge is -2.15. The third kappa shape index (κ3) is 2.28. The van der Waals surface area contributed by atoms with Crippen molar-refractivity contribution in [2.24, 2.45) is 14.1 Å². The summed E-state index contributed by atoms with van der Waals surface area (Å²) in [5, 5.41) is -0.0930. The van der Waals surface area contributed by atoms with Crippen LogP contribution in [0.15, 0.2) is 27.8 Å². The molecule has 0 bridgehead atoms. The number of rotatable bonds is 1. The maximum Gasteiger partial charge on any atom is 0.332 e. The smallest absolute Gasteiger partial charge is 0.332 e. The third-order valence-corrected chi connectivity index (χ3v) is 4.23. The van der Waals surface area contributed by atoms with E-state index >= 15 is 0 Å². The number of hydrogen-bond acceptors (Lipinski definition) is 4. The largest absolute Gasteiger partial charge is 0.392 e. The maximum atomic E-state index is 14.5. The quantitative estimate of drug-likeness (QED) is 0.675. The minimum absolute atomic E-state index is 0.00714. The van der Waals surface area contributed by atoms with E-state index in [4.69, 9.17) is 23.9 Å². The van der Waals surface area contributed by atoms with Gasteiger partial charge in [0.25, 0.3) is 5.56 Å². The Kier molecular flexibility index (Phi) is 3.81. The number of fused-ring (bicyclic) bond motifs is 1. The van der Waals surface area contributed by atoms with Gasteiger partial charge in [0, 0.05) is 25.2 Å². The van der Waals surface area contributed by atoms with Crippen LogP contribution in [-0.4, -0.2) is 14.1 Å². The van der Waals surface area contributed by atoms with Crippen LogP contribution >= 0.6 is 11.6 Å². The van der Waals surface area contributed by atoms with Crippen molar-refractivity contribution in [3.8, 4) is 11.1 Å². The SMILES string of the molecule is [C-]#[N+]c1c(N)nc2c(c1-c1c(F)cccc1Cl)c(=O)n(C)c(=O)n2C. The standard InChI is InChI=1S/C16H11ClFN5O2/c1-20-12-10(9-7(17)5-4-6-8(9)18)11-14(21-13(12)19)22(2)16(25)23(3)15(11)24/h4-6H,2-3H3,(H2,19,21). The molecule has 1 aromatic carbocycles. The van der Waals surface area contributed by atoms with Gasteiger partial charge in [-0.1, -0.05) is 17.7 Å². The van der Waals surface area contributed by atoms with Crippen LogP contribution in [-0.2, 0) is 14.1 Å². The summed E-state index contributed by atoms with van der Waals surface area (Å²) in [6, 6.07) is 3.99. The molecule has 126 valence electrons. The highest BCUT2D eigenvalue weighted by Crippen LogP contribution is 2.42.